The Bertz CT molecular complexity index is 1590. The molecule has 12 heteroatoms. The van der Waals surface area contributed by atoms with Crippen molar-refractivity contribution in [2.45, 2.75) is 32.6 Å². The molecule has 0 aliphatic carbocycles. The molecule has 2 aromatic carbocycles. The fraction of sp³-hybridized carbons (Fsp3) is 0.267. The van der Waals surface area contributed by atoms with Crippen molar-refractivity contribution in [2.75, 3.05) is 24.6 Å². The van der Waals surface area contributed by atoms with Gasteiger partial charge in [0.2, 0.25) is 5.13 Å². The average molecular weight is 604 g/mol. The van der Waals surface area contributed by atoms with Gasteiger partial charge in [0.15, 0.2) is 0 Å². The zero-order valence-corrected chi connectivity index (χ0v) is 24.5. The van der Waals surface area contributed by atoms with Crippen LogP contribution in [0.25, 0.3) is 15.6 Å². The summed E-state index contributed by atoms with van der Waals surface area (Å²) in [4.78, 5) is 31.2. The van der Waals surface area contributed by atoms with Gasteiger partial charge in [-0.3, -0.25) is 0 Å². The van der Waals surface area contributed by atoms with E-state index in [1.807, 2.05) is 24.3 Å². The Morgan fingerprint density at radius 1 is 1.05 bits per heavy atom. The third-order valence-corrected chi connectivity index (χ3v) is 8.23. The molecule has 2 N–H and O–H groups in total. The van der Waals surface area contributed by atoms with Crippen LogP contribution in [0.15, 0.2) is 70.4 Å². The lowest BCUT2D eigenvalue weighted by atomic mass is 10.2. The van der Waals surface area contributed by atoms with E-state index in [-0.39, 0.29) is 17.3 Å². The Morgan fingerprint density at radius 2 is 1.79 bits per heavy atom. The van der Waals surface area contributed by atoms with Gasteiger partial charge < -0.3 is 19.8 Å². The van der Waals surface area contributed by atoms with Gasteiger partial charge in [0, 0.05) is 23.7 Å². The van der Waals surface area contributed by atoms with E-state index >= 15 is 0 Å². The van der Waals surface area contributed by atoms with Crippen LogP contribution in [-0.2, 0) is 9.53 Å². The Hall–Kier alpha value is -4.60. The van der Waals surface area contributed by atoms with Crippen LogP contribution in [0.4, 0.5) is 16.5 Å². The number of anilines is 1. The van der Waals surface area contributed by atoms with Gasteiger partial charge in [-0.2, -0.15) is 5.26 Å². The summed E-state index contributed by atoms with van der Waals surface area (Å²) in [6.45, 7) is 4.29. The lowest BCUT2D eigenvalue weighted by Crippen LogP contribution is -2.23. The molecule has 2 aromatic heterocycles. The SMILES string of the molecule is CCN(CCCCCCOC(=O)c1ccc(O)cc1)c1ccc(N=Nc2nc3sc(/C=C(\C#N)C(=O)O)cc3s2)cc1. The van der Waals surface area contributed by atoms with Crippen LogP contribution in [0, 0.1) is 11.3 Å². The number of carbonyl (C=O) groups excluding carboxylic acids is 1. The van der Waals surface area contributed by atoms with Crippen LogP contribution in [0.3, 0.4) is 0 Å². The van der Waals surface area contributed by atoms with E-state index in [0.29, 0.717) is 32.7 Å². The van der Waals surface area contributed by atoms with E-state index in [2.05, 4.69) is 27.0 Å². The van der Waals surface area contributed by atoms with E-state index in [9.17, 15) is 14.7 Å². The Balaban J connectivity index is 1.20. The molecule has 0 aliphatic rings. The van der Waals surface area contributed by atoms with Gasteiger partial charge in [-0.25, -0.2) is 14.6 Å². The lowest BCUT2D eigenvalue weighted by Gasteiger charge is -2.23. The number of ether oxygens (including phenoxy) is 1. The Kier molecular flexibility index (Phi) is 10.7. The van der Waals surface area contributed by atoms with Crippen LogP contribution in [0.1, 0.15) is 47.8 Å². The summed E-state index contributed by atoms with van der Waals surface area (Å²) in [5, 5.41) is 36.3. The third-order valence-electron chi connectivity index (χ3n) is 6.24. The molecule has 4 aromatic rings. The predicted molar refractivity (Wildman–Crippen MR) is 164 cm³/mol. The molecular weight excluding hydrogens is 574 g/mol. The number of benzene rings is 2. The van der Waals surface area contributed by atoms with Crippen molar-refractivity contribution in [3.8, 4) is 11.8 Å². The summed E-state index contributed by atoms with van der Waals surface area (Å²) in [5.74, 6) is -1.52. The second-order valence-electron chi connectivity index (χ2n) is 9.18. The molecule has 0 amide bonds. The number of esters is 1. The van der Waals surface area contributed by atoms with E-state index in [1.54, 1.807) is 24.3 Å². The Morgan fingerprint density at radius 3 is 2.45 bits per heavy atom. The first kappa shape index (κ1) is 30.4. The summed E-state index contributed by atoms with van der Waals surface area (Å²) in [6, 6.07) is 17.4. The van der Waals surface area contributed by atoms with Crippen molar-refractivity contribution < 1.29 is 24.5 Å². The molecule has 2 heterocycles. The molecule has 0 radical (unpaired) electrons. The number of hydrogen-bond donors (Lipinski definition) is 2. The molecule has 4 rings (SSSR count). The van der Waals surface area contributed by atoms with Crippen LogP contribution < -0.4 is 4.90 Å². The maximum Gasteiger partial charge on any atom is 0.346 e. The van der Waals surface area contributed by atoms with E-state index < -0.39 is 5.97 Å². The molecule has 0 saturated carbocycles. The van der Waals surface area contributed by atoms with Crippen LogP contribution in [0.5, 0.6) is 5.75 Å². The summed E-state index contributed by atoms with van der Waals surface area (Å²) >= 11 is 2.64. The fourth-order valence-corrected chi connectivity index (χ4v) is 6.03. The first-order valence-corrected chi connectivity index (χ1v) is 15.0. The smallest absolute Gasteiger partial charge is 0.346 e. The van der Waals surface area contributed by atoms with E-state index in [1.165, 1.54) is 40.9 Å². The number of aliphatic carboxylic acids is 1. The molecule has 0 bridgehead atoms. The fourth-order valence-electron chi connectivity index (χ4n) is 4.04. The van der Waals surface area contributed by atoms with Gasteiger partial charge in [0.05, 0.1) is 22.6 Å². The number of aromatic nitrogens is 1. The largest absolute Gasteiger partial charge is 0.508 e. The Labute approximate surface area is 250 Å². The predicted octanol–water partition coefficient (Wildman–Crippen LogP) is 7.71. The zero-order valence-electron chi connectivity index (χ0n) is 22.9. The van der Waals surface area contributed by atoms with Gasteiger partial charge in [0.25, 0.3) is 0 Å². The maximum atomic E-state index is 12.0. The highest BCUT2D eigenvalue weighted by Crippen LogP contribution is 2.36. The number of azo groups is 1. The number of aromatic hydroxyl groups is 1. The number of thiazole rings is 1. The summed E-state index contributed by atoms with van der Waals surface area (Å²) in [6.07, 6.45) is 5.16. The number of nitriles is 1. The number of carbonyl (C=O) groups is 2. The minimum Gasteiger partial charge on any atom is -0.508 e. The molecule has 0 fully saturated rings. The summed E-state index contributed by atoms with van der Waals surface area (Å²) in [5.41, 5.74) is 1.92. The number of carboxylic acids is 1. The standard InChI is InChI=1S/C30H29N5O5S2/c1-2-35(15-5-3-4-6-16-40-29(39)20-7-13-24(36)14-8-20)23-11-9-22(10-12-23)33-34-30-32-27-26(42-30)18-25(41-27)17-21(19-31)28(37)38/h7-14,17-18,36H,2-6,15-16H2,1H3,(H,37,38)/b21-17+,34-33?. The second kappa shape index (κ2) is 14.9. The van der Waals surface area contributed by atoms with Crippen molar-refractivity contribution in [1.82, 2.24) is 4.98 Å². The monoisotopic (exact) mass is 603 g/mol. The van der Waals surface area contributed by atoms with Crippen molar-refractivity contribution in [2.24, 2.45) is 10.2 Å². The van der Waals surface area contributed by atoms with Crippen LogP contribution >= 0.6 is 22.7 Å². The van der Waals surface area contributed by atoms with Crippen molar-refractivity contribution in [3.63, 3.8) is 0 Å². The molecular formula is C30H29N5O5S2. The molecule has 0 aliphatic heterocycles. The number of thiophene rings is 1. The van der Waals surface area contributed by atoms with Crippen molar-refractivity contribution >= 4 is 66.7 Å². The molecule has 216 valence electrons. The van der Waals surface area contributed by atoms with Gasteiger partial charge in [0.1, 0.15) is 22.2 Å². The molecule has 42 heavy (non-hydrogen) atoms. The van der Waals surface area contributed by atoms with Gasteiger partial charge in [-0.05, 0) is 86.9 Å². The van der Waals surface area contributed by atoms with Crippen molar-refractivity contribution in [3.05, 3.63) is 70.6 Å². The number of phenols is 1. The zero-order chi connectivity index (χ0) is 29.9. The lowest BCUT2D eigenvalue weighted by molar-refractivity contribution is -0.132. The molecule has 0 saturated heterocycles. The van der Waals surface area contributed by atoms with E-state index in [4.69, 9.17) is 15.1 Å². The highest BCUT2D eigenvalue weighted by atomic mass is 32.1. The average Bonchev–Trinajstić information content (AvgIpc) is 3.55. The number of hydrogen-bond acceptors (Lipinski definition) is 11. The van der Waals surface area contributed by atoms with E-state index in [0.717, 1.165) is 49.2 Å². The molecule has 0 atom stereocenters. The minimum absolute atomic E-state index is 0.116. The van der Waals surface area contributed by atoms with Crippen LogP contribution in [-0.4, -0.2) is 46.8 Å². The quantitative estimate of drug-likeness (QED) is 0.0489. The molecule has 10 nitrogen and oxygen atoms in total. The van der Waals surface area contributed by atoms with Crippen LogP contribution in [0.2, 0.25) is 0 Å². The third kappa shape index (κ3) is 8.45. The number of rotatable bonds is 14. The maximum absolute atomic E-state index is 12.0. The number of nitrogens with zero attached hydrogens (tertiary/aromatic N) is 5. The summed E-state index contributed by atoms with van der Waals surface area (Å²) < 4.78 is 6.16. The topological polar surface area (TPSA) is 148 Å². The second-order valence-corrected chi connectivity index (χ2v) is 11.3. The minimum atomic E-state index is -1.26. The van der Waals surface area contributed by atoms with Crippen molar-refractivity contribution in [1.29, 1.82) is 5.26 Å². The molecule has 0 spiro atoms. The normalized spacial score (nSPS) is 11.6. The summed E-state index contributed by atoms with van der Waals surface area (Å²) in [7, 11) is 0. The number of fused-ring (bicyclic) bond motifs is 1. The highest BCUT2D eigenvalue weighted by molar-refractivity contribution is 7.29. The number of phenolic OH excluding ortho intramolecular Hbond substituents is 1. The first-order chi connectivity index (χ1) is 20.4. The molecule has 0 unspecified atom stereocenters. The number of unbranched alkanes of at least 4 members (excludes halogenated alkanes) is 3. The number of carboxylic acid groups (broad SMARTS) is 1. The van der Waals surface area contributed by atoms with Gasteiger partial charge in [-0.1, -0.05) is 17.8 Å². The van der Waals surface area contributed by atoms with Gasteiger partial charge >= 0.3 is 11.9 Å². The highest BCUT2D eigenvalue weighted by Gasteiger charge is 2.11. The van der Waals surface area contributed by atoms with Gasteiger partial charge in [-0.15, -0.1) is 21.6 Å². The first-order valence-electron chi connectivity index (χ1n) is 13.3.